The fraction of sp³-hybridized carbons (Fsp3) is 0.400. The van der Waals surface area contributed by atoms with Gasteiger partial charge in [0.1, 0.15) is 17.3 Å². The minimum Gasteiger partial charge on any atom is -0.474 e. The zero-order chi connectivity index (χ0) is 16.7. The number of thiazole rings is 1. The van der Waals surface area contributed by atoms with Gasteiger partial charge in [-0.1, -0.05) is 0 Å². The summed E-state index contributed by atoms with van der Waals surface area (Å²) in [6.45, 7) is 4.62. The van der Waals surface area contributed by atoms with E-state index in [1.54, 1.807) is 25.4 Å². The Bertz CT molecular complexity index is 647. The summed E-state index contributed by atoms with van der Waals surface area (Å²) >= 11 is 1.52. The zero-order valence-electron chi connectivity index (χ0n) is 13.3. The van der Waals surface area contributed by atoms with E-state index in [0.717, 1.165) is 10.7 Å². The van der Waals surface area contributed by atoms with Crippen LogP contribution in [0.5, 0.6) is 5.88 Å². The van der Waals surface area contributed by atoms with Crippen LogP contribution < -0.4 is 15.4 Å². The van der Waals surface area contributed by atoms with Crippen molar-refractivity contribution in [1.29, 1.82) is 0 Å². The fourth-order valence-electron chi connectivity index (χ4n) is 1.81. The number of amides is 2. The first-order chi connectivity index (χ1) is 11.1. The van der Waals surface area contributed by atoms with E-state index in [4.69, 9.17) is 9.47 Å². The third-order valence-electron chi connectivity index (χ3n) is 2.90. The van der Waals surface area contributed by atoms with Crippen LogP contribution in [0.4, 0.5) is 10.5 Å². The third-order valence-corrected chi connectivity index (χ3v) is 4.05. The molecule has 0 aliphatic carbocycles. The number of aryl methyl sites for hydroxylation is 1. The number of nitrogens with one attached hydrogen (secondary N) is 2. The number of carbonyl (C=O) groups is 1. The molecule has 2 aromatic heterocycles. The molecule has 2 heterocycles. The third kappa shape index (κ3) is 5.19. The van der Waals surface area contributed by atoms with Gasteiger partial charge in [-0.3, -0.25) is 0 Å². The fourth-order valence-corrected chi connectivity index (χ4v) is 2.61. The van der Waals surface area contributed by atoms with E-state index in [1.807, 2.05) is 19.2 Å². The maximum atomic E-state index is 12.1. The Balaban J connectivity index is 1.94. The van der Waals surface area contributed by atoms with Gasteiger partial charge < -0.3 is 20.1 Å². The molecule has 124 valence electrons. The number of carbonyl (C=O) groups excluding carboxylic acids is 1. The van der Waals surface area contributed by atoms with Gasteiger partial charge in [-0.05, 0) is 26.0 Å². The van der Waals surface area contributed by atoms with Crippen molar-refractivity contribution < 1.29 is 14.3 Å². The molecule has 0 saturated carbocycles. The average Bonchev–Trinajstić information content (AvgIpc) is 2.96. The molecule has 0 aliphatic heterocycles. The van der Waals surface area contributed by atoms with Crippen LogP contribution in [-0.2, 0) is 4.74 Å². The normalized spacial score (nSPS) is 11.8. The molecule has 2 amide bonds. The van der Waals surface area contributed by atoms with Crippen molar-refractivity contribution in [3.63, 3.8) is 0 Å². The Kier molecular flexibility index (Phi) is 6.30. The van der Waals surface area contributed by atoms with E-state index < -0.39 is 0 Å². The lowest BCUT2D eigenvalue weighted by atomic mass is 10.3. The van der Waals surface area contributed by atoms with Crippen LogP contribution in [0.25, 0.3) is 0 Å². The summed E-state index contributed by atoms with van der Waals surface area (Å²) < 4.78 is 10.4. The summed E-state index contributed by atoms with van der Waals surface area (Å²) in [7, 11) is 1.59. The molecule has 0 fully saturated rings. The largest absolute Gasteiger partial charge is 0.474 e. The molecule has 0 aromatic carbocycles. The number of urea groups is 1. The second-order valence-corrected chi connectivity index (χ2v) is 5.73. The predicted molar refractivity (Wildman–Crippen MR) is 89.0 cm³/mol. The highest BCUT2D eigenvalue weighted by Gasteiger charge is 2.14. The van der Waals surface area contributed by atoms with Gasteiger partial charge in [-0.15, -0.1) is 11.3 Å². The SMILES string of the molecule is COCCOc1ncccc1NC(=O)NC(C)c1nc(C)cs1. The standard InChI is InChI=1S/C15H20N4O3S/c1-10-9-23-14(17-10)11(2)18-15(20)19-12-5-4-6-16-13(12)22-8-7-21-3/h4-6,9,11H,7-8H2,1-3H3,(H2,18,19,20). The molecule has 0 spiro atoms. The zero-order valence-corrected chi connectivity index (χ0v) is 14.1. The minimum atomic E-state index is -0.338. The summed E-state index contributed by atoms with van der Waals surface area (Å²) in [6, 6.07) is 2.94. The van der Waals surface area contributed by atoms with Crippen molar-refractivity contribution in [2.75, 3.05) is 25.6 Å². The highest BCUT2D eigenvalue weighted by atomic mass is 32.1. The number of hydrogen-bond acceptors (Lipinski definition) is 6. The maximum Gasteiger partial charge on any atom is 0.319 e. The van der Waals surface area contributed by atoms with Gasteiger partial charge in [-0.25, -0.2) is 14.8 Å². The Morgan fingerprint density at radius 3 is 2.96 bits per heavy atom. The predicted octanol–water partition coefficient (Wildman–Crippen LogP) is 2.75. The van der Waals surface area contributed by atoms with E-state index in [-0.39, 0.29) is 12.1 Å². The van der Waals surface area contributed by atoms with Crippen LogP contribution in [0.3, 0.4) is 0 Å². The Hall–Kier alpha value is -2.19. The topological polar surface area (TPSA) is 85.4 Å². The number of pyridine rings is 1. The summed E-state index contributed by atoms with van der Waals surface area (Å²) in [5.74, 6) is 0.359. The number of hydrogen-bond donors (Lipinski definition) is 2. The van der Waals surface area contributed by atoms with Gasteiger partial charge in [0.05, 0.1) is 12.6 Å². The van der Waals surface area contributed by atoms with Crippen molar-refractivity contribution in [3.05, 3.63) is 34.4 Å². The molecule has 8 heteroatoms. The van der Waals surface area contributed by atoms with E-state index in [9.17, 15) is 4.79 Å². The second-order valence-electron chi connectivity index (χ2n) is 4.84. The second kappa shape index (κ2) is 8.44. The molecule has 2 aromatic rings. The first-order valence-corrected chi connectivity index (χ1v) is 8.04. The number of methoxy groups -OCH3 is 1. The van der Waals surface area contributed by atoms with Crippen LogP contribution in [0.2, 0.25) is 0 Å². The highest BCUT2D eigenvalue weighted by Crippen LogP contribution is 2.21. The van der Waals surface area contributed by atoms with Crippen LogP contribution in [0, 0.1) is 6.92 Å². The lowest BCUT2D eigenvalue weighted by Crippen LogP contribution is -2.31. The van der Waals surface area contributed by atoms with Crippen LogP contribution in [0.15, 0.2) is 23.7 Å². The van der Waals surface area contributed by atoms with E-state index >= 15 is 0 Å². The molecule has 1 unspecified atom stereocenters. The van der Waals surface area contributed by atoms with Gasteiger partial charge in [0.15, 0.2) is 0 Å². The summed E-state index contributed by atoms with van der Waals surface area (Å²) in [5, 5.41) is 8.40. The van der Waals surface area contributed by atoms with E-state index in [1.165, 1.54) is 11.3 Å². The summed E-state index contributed by atoms with van der Waals surface area (Å²) in [4.78, 5) is 20.6. The molecule has 0 radical (unpaired) electrons. The Morgan fingerprint density at radius 2 is 2.26 bits per heavy atom. The van der Waals surface area contributed by atoms with Gasteiger partial charge in [0.25, 0.3) is 0 Å². The number of ether oxygens (including phenoxy) is 2. The van der Waals surface area contributed by atoms with Crippen LogP contribution in [-0.4, -0.2) is 36.3 Å². The quantitative estimate of drug-likeness (QED) is 0.759. The maximum absolute atomic E-state index is 12.1. The summed E-state index contributed by atoms with van der Waals surface area (Å²) in [6.07, 6.45) is 1.60. The highest BCUT2D eigenvalue weighted by molar-refractivity contribution is 7.09. The van der Waals surface area contributed by atoms with Crippen molar-refractivity contribution in [2.24, 2.45) is 0 Å². The van der Waals surface area contributed by atoms with Gasteiger partial charge in [0, 0.05) is 24.4 Å². The van der Waals surface area contributed by atoms with E-state index in [0.29, 0.717) is 24.8 Å². The van der Waals surface area contributed by atoms with Crippen molar-refractivity contribution >= 4 is 23.1 Å². The van der Waals surface area contributed by atoms with Gasteiger partial charge in [0.2, 0.25) is 5.88 Å². The molecule has 1 atom stereocenters. The van der Waals surface area contributed by atoms with E-state index in [2.05, 4.69) is 20.6 Å². The molecule has 2 rings (SSSR count). The number of nitrogens with zero attached hydrogens (tertiary/aromatic N) is 2. The summed E-state index contributed by atoms with van der Waals surface area (Å²) in [5.41, 5.74) is 1.45. The molecule has 0 saturated heterocycles. The molecule has 23 heavy (non-hydrogen) atoms. The minimum absolute atomic E-state index is 0.178. The Morgan fingerprint density at radius 1 is 1.43 bits per heavy atom. The number of anilines is 1. The smallest absolute Gasteiger partial charge is 0.319 e. The first kappa shape index (κ1) is 17.2. The molecule has 7 nitrogen and oxygen atoms in total. The molecule has 2 N–H and O–H groups in total. The van der Waals surface area contributed by atoms with Crippen molar-refractivity contribution in [3.8, 4) is 5.88 Å². The average molecular weight is 336 g/mol. The monoisotopic (exact) mass is 336 g/mol. The Labute approximate surface area is 139 Å². The van der Waals surface area contributed by atoms with Gasteiger partial charge >= 0.3 is 6.03 Å². The molecule has 0 bridgehead atoms. The lowest BCUT2D eigenvalue weighted by molar-refractivity contribution is 0.144. The van der Waals surface area contributed by atoms with Gasteiger partial charge in [-0.2, -0.15) is 0 Å². The number of aromatic nitrogens is 2. The number of rotatable bonds is 7. The van der Waals surface area contributed by atoms with Crippen molar-refractivity contribution in [2.45, 2.75) is 19.9 Å². The lowest BCUT2D eigenvalue weighted by Gasteiger charge is -2.14. The molecule has 0 aliphatic rings. The van der Waals surface area contributed by atoms with Crippen LogP contribution >= 0.6 is 11.3 Å². The molecular formula is C15H20N4O3S. The molecular weight excluding hydrogens is 316 g/mol. The van der Waals surface area contributed by atoms with Crippen LogP contribution in [0.1, 0.15) is 23.7 Å². The van der Waals surface area contributed by atoms with Crippen molar-refractivity contribution in [1.82, 2.24) is 15.3 Å². The first-order valence-electron chi connectivity index (χ1n) is 7.16.